The average Bonchev–Trinajstić information content (AvgIpc) is 2.60. The van der Waals surface area contributed by atoms with Gasteiger partial charge in [-0.3, -0.25) is 9.59 Å². The van der Waals surface area contributed by atoms with Crippen molar-refractivity contribution in [3.05, 3.63) is 0 Å². The Hall–Kier alpha value is -1.06. The van der Waals surface area contributed by atoms with Crippen LogP contribution in [0.25, 0.3) is 0 Å². The van der Waals surface area contributed by atoms with E-state index in [9.17, 15) is 9.59 Å². The van der Waals surface area contributed by atoms with E-state index in [2.05, 4.69) is 27.7 Å². The predicted molar refractivity (Wildman–Crippen MR) is 102 cm³/mol. The Morgan fingerprint density at radius 2 is 1.36 bits per heavy atom. The summed E-state index contributed by atoms with van der Waals surface area (Å²) in [5.74, 6) is -0.263. The zero-order chi connectivity index (χ0) is 19.3. The summed E-state index contributed by atoms with van der Waals surface area (Å²) < 4.78 is 11.0. The highest BCUT2D eigenvalue weighted by molar-refractivity contribution is 5.76. The van der Waals surface area contributed by atoms with Crippen molar-refractivity contribution in [3.63, 3.8) is 0 Å². The molecule has 0 saturated carbocycles. The number of unbranched alkanes of at least 4 members (excludes halogenated alkanes) is 3. The lowest BCUT2D eigenvalue weighted by Gasteiger charge is -2.31. The number of hydrogen-bond donors (Lipinski definition) is 0. The Morgan fingerprint density at radius 3 is 1.88 bits per heavy atom. The Morgan fingerprint density at radius 1 is 0.800 bits per heavy atom. The highest BCUT2D eigenvalue weighted by Gasteiger charge is 2.37. The van der Waals surface area contributed by atoms with Gasteiger partial charge >= 0.3 is 11.9 Å². The first-order valence-corrected chi connectivity index (χ1v) is 10.1. The van der Waals surface area contributed by atoms with Gasteiger partial charge in [0.05, 0.1) is 18.6 Å². The molecule has 0 unspecified atom stereocenters. The highest BCUT2D eigenvalue weighted by atomic mass is 16.5. The Kier molecular flexibility index (Phi) is 11.8. The standard InChI is InChI=1S/C21H40O4/c1-7-11-13-14-18(22)24-16-20(5,6)17-25-19(23)21(9-3,10-4)15-12-8-2/h7-17H2,1-6H3. The first-order valence-electron chi connectivity index (χ1n) is 10.1. The van der Waals surface area contributed by atoms with Gasteiger partial charge in [0.25, 0.3) is 0 Å². The summed E-state index contributed by atoms with van der Waals surface area (Å²) in [7, 11) is 0. The number of hydrogen-bond acceptors (Lipinski definition) is 4. The molecule has 0 spiro atoms. The maximum Gasteiger partial charge on any atom is 0.312 e. The average molecular weight is 357 g/mol. The van der Waals surface area contributed by atoms with Gasteiger partial charge in [0.2, 0.25) is 0 Å². The van der Waals surface area contributed by atoms with Gasteiger partial charge in [-0.1, -0.05) is 67.2 Å². The van der Waals surface area contributed by atoms with Crippen LogP contribution in [0.5, 0.6) is 0 Å². The molecule has 0 atom stereocenters. The zero-order valence-electron chi connectivity index (χ0n) is 17.4. The normalized spacial score (nSPS) is 12.1. The third-order valence-electron chi connectivity index (χ3n) is 5.00. The second-order valence-electron chi connectivity index (χ2n) is 7.95. The van der Waals surface area contributed by atoms with E-state index in [1.165, 1.54) is 0 Å². The topological polar surface area (TPSA) is 52.6 Å². The van der Waals surface area contributed by atoms with Crippen LogP contribution in [0.1, 0.15) is 99.3 Å². The molecule has 148 valence electrons. The van der Waals surface area contributed by atoms with Crippen molar-refractivity contribution in [2.45, 2.75) is 99.3 Å². The molecule has 0 aromatic heterocycles. The summed E-state index contributed by atoms with van der Waals surface area (Å²) in [5.41, 5.74) is -0.739. The zero-order valence-corrected chi connectivity index (χ0v) is 17.4. The fraction of sp³-hybridized carbons (Fsp3) is 0.905. The molecule has 0 fully saturated rings. The Bertz CT molecular complexity index is 383. The van der Waals surface area contributed by atoms with Gasteiger partial charge in [0.1, 0.15) is 0 Å². The second kappa shape index (κ2) is 12.3. The molecular formula is C21H40O4. The third-order valence-corrected chi connectivity index (χ3v) is 5.00. The molecule has 0 radical (unpaired) electrons. The molecule has 0 N–H and O–H groups in total. The van der Waals surface area contributed by atoms with Crippen LogP contribution in [0.3, 0.4) is 0 Å². The molecule has 4 heteroatoms. The van der Waals surface area contributed by atoms with Crippen molar-refractivity contribution in [2.75, 3.05) is 13.2 Å². The van der Waals surface area contributed by atoms with Crippen LogP contribution >= 0.6 is 0 Å². The minimum Gasteiger partial charge on any atom is -0.465 e. The van der Waals surface area contributed by atoms with E-state index in [-0.39, 0.29) is 36.0 Å². The molecule has 0 aliphatic carbocycles. The van der Waals surface area contributed by atoms with E-state index >= 15 is 0 Å². The van der Waals surface area contributed by atoms with Gasteiger partial charge in [-0.25, -0.2) is 0 Å². The van der Waals surface area contributed by atoms with Crippen LogP contribution in [0.4, 0.5) is 0 Å². The highest BCUT2D eigenvalue weighted by Crippen LogP contribution is 2.34. The summed E-state index contributed by atoms with van der Waals surface area (Å²) >= 11 is 0. The molecular weight excluding hydrogens is 316 g/mol. The quantitative estimate of drug-likeness (QED) is 0.297. The molecule has 4 nitrogen and oxygen atoms in total. The predicted octanol–water partition coefficient (Wildman–Crippen LogP) is 5.68. The van der Waals surface area contributed by atoms with Crippen molar-refractivity contribution in [3.8, 4) is 0 Å². The molecule has 0 rings (SSSR count). The molecule has 0 aromatic carbocycles. The van der Waals surface area contributed by atoms with E-state index < -0.39 is 0 Å². The lowest BCUT2D eigenvalue weighted by atomic mass is 9.78. The molecule has 0 bridgehead atoms. The van der Waals surface area contributed by atoms with Gasteiger partial charge in [0, 0.05) is 11.8 Å². The van der Waals surface area contributed by atoms with Gasteiger partial charge in [-0.15, -0.1) is 0 Å². The van der Waals surface area contributed by atoms with Crippen molar-refractivity contribution >= 4 is 11.9 Å². The number of rotatable bonds is 14. The maximum atomic E-state index is 12.7. The van der Waals surface area contributed by atoms with E-state index in [1.807, 2.05) is 13.8 Å². The van der Waals surface area contributed by atoms with Gasteiger partial charge in [-0.2, -0.15) is 0 Å². The summed E-state index contributed by atoms with van der Waals surface area (Å²) in [6, 6.07) is 0. The fourth-order valence-electron chi connectivity index (χ4n) is 2.83. The lowest BCUT2D eigenvalue weighted by Crippen LogP contribution is -2.36. The molecule has 0 aliphatic rings. The number of carbonyl (C=O) groups is 2. The van der Waals surface area contributed by atoms with E-state index in [4.69, 9.17) is 9.47 Å². The molecule has 0 aromatic rings. The van der Waals surface area contributed by atoms with E-state index in [0.717, 1.165) is 51.4 Å². The van der Waals surface area contributed by atoms with Gasteiger partial charge in [0.15, 0.2) is 0 Å². The summed E-state index contributed by atoms with van der Waals surface area (Å²) in [6.07, 6.45) is 8.07. The van der Waals surface area contributed by atoms with Gasteiger partial charge < -0.3 is 9.47 Å². The summed E-state index contributed by atoms with van der Waals surface area (Å²) in [5, 5.41) is 0. The van der Waals surface area contributed by atoms with Crippen LogP contribution in [0, 0.1) is 10.8 Å². The second-order valence-corrected chi connectivity index (χ2v) is 7.95. The third kappa shape index (κ3) is 9.27. The summed E-state index contributed by atoms with van der Waals surface area (Å²) in [4.78, 5) is 24.4. The van der Waals surface area contributed by atoms with E-state index in [1.54, 1.807) is 0 Å². The Labute approximate surface area is 155 Å². The maximum absolute atomic E-state index is 12.7. The van der Waals surface area contributed by atoms with Crippen molar-refractivity contribution in [2.24, 2.45) is 10.8 Å². The molecule has 0 aliphatic heterocycles. The monoisotopic (exact) mass is 356 g/mol. The van der Waals surface area contributed by atoms with Crippen LogP contribution in [-0.4, -0.2) is 25.2 Å². The minimum atomic E-state index is -0.372. The van der Waals surface area contributed by atoms with Gasteiger partial charge in [-0.05, 0) is 25.7 Å². The lowest BCUT2D eigenvalue weighted by molar-refractivity contribution is -0.162. The van der Waals surface area contributed by atoms with Crippen LogP contribution in [0.15, 0.2) is 0 Å². The molecule has 0 heterocycles. The molecule has 25 heavy (non-hydrogen) atoms. The largest absolute Gasteiger partial charge is 0.465 e. The molecule has 0 amide bonds. The van der Waals surface area contributed by atoms with Crippen LogP contribution in [0.2, 0.25) is 0 Å². The fourth-order valence-corrected chi connectivity index (χ4v) is 2.83. The first kappa shape index (κ1) is 23.9. The van der Waals surface area contributed by atoms with Crippen LogP contribution in [-0.2, 0) is 19.1 Å². The number of esters is 2. The smallest absolute Gasteiger partial charge is 0.312 e. The summed E-state index contributed by atoms with van der Waals surface area (Å²) in [6.45, 7) is 12.9. The van der Waals surface area contributed by atoms with Crippen molar-refractivity contribution in [1.29, 1.82) is 0 Å². The van der Waals surface area contributed by atoms with E-state index in [0.29, 0.717) is 6.42 Å². The minimum absolute atomic E-state index is 0.103. The Balaban J connectivity index is 4.44. The van der Waals surface area contributed by atoms with Crippen molar-refractivity contribution in [1.82, 2.24) is 0 Å². The SMILES string of the molecule is CCCCCC(=O)OCC(C)(C)COC(=O)C(CC)(CC)CCCC. The first-order chi connectivity index (χ1) is 11.8. The molecule has 0 saturated heterocycles. The van der Waals surface area contributed by atoms with Crippen molar-refractivity contribution < 1.29 is 19.1 Å². The number of ether oxygens (including phenoxy) is 2. The number of carbonyl (C=O) groups excluding carboxylic acids is 2. The van der Waals surface area contributed by atoms with Crippen LogP contribution < -0.4 is 0 Å².